The number of phenolic OH excluding ortho intramolecular Hbond substituents is 1. The largest absolute Gasteiger partial charge is 0.508 e. The number of aromatic hydroxyl groups is 1. The highest BCUT2D eigenvalue weighted by Gasteiger charge is 2.52. The van der Waals surface area contributed by atoms with Crippen LogP contribution in [-0.4, -0.2) is 143 Å². The van der Waals surface area contributed by atoms with Gasteiger partial charge in [-0.1, -0.05) is 13.0 Å². The van der Waals surface area contributed by atoms with Gasteiger partial charge in [0, 0.05) is 92.5 Å². The summed E-state index contributed by atoms with van der Waals surface area (Å²) in [6.07, 6.45) is 11.1. The summed E-state index contributed by atoms with van der Waals surface area (Å²) in [5, 5.41) is 28.7. The van der Waals surface area contributed by atoms with Crippen LogP contribution in [0.25, 0.3) is 32.9 Å². The number of aromatic nitrogens is 3. The van der Waals surface area contributed by atoms with Gasteiger partial charge in [-0.3, -0.25) is 24.4 Å². The number of carbonyl (C=O) groups excluding carboxylic acids is 2. The standard InChI is InChI=1S/C57H68F2N10O5/c1-4-39-43(58)9-5-33-23-38(70)25-40(47(33)39)49-48(59)50-41(28-60-49)51(68-29-34-6-7-35(30-68)61-34)64-54(63-50)74-32-57(13-14-57)31-65-17-15-56(16-18-65)26-37(27-56)67-21-19-66(20-22-67)36-8-10-44-42(24-36)55(2,3)53(73)69(44)45-11-12-46(71)62-52(45)72/h5,8-10,23-25,28,34-35,37,45-46,61,70-71H,4,6-7,11-22,26-27,29-32H2,1-3H3,(H,62,72). The Labute approximate surface area is 430 Å². The van der Waals surface area contributed by atoms with E-state index in [4.69, 9.17) is 14.7 Å². The molecule has 5 aromatic rings. The van der Waals surface area contributed by atoms with E-state index in [1.165, 1.54) is 37.8 Å². The van der Waals surface area contributed by atoms with Crippen LogP contribution in [0, 0.1) is 22.5 Å². The molecule has 3 aromatic carbocycles. The lowest BCUT2D eigenvalue weighted by molar-refractivity contribution is -0.132. The summed E-state index contributed by atoms with van der Waals surface area (Å²) in [5.41, 5.74) is 3.36. The van der Waals surface area contributed by atoms with Crippen LogP contribution in [0.3, 0.4) is 0 Å². The molecule has 2 bridgehead atoms. The molecule has 15 nitrogen and oxygen atoms in total. The number of aliphatic hydroxyl groups is 1. The van der Waals surface area contributed by atoms with Gasteiger partial charge < -0.3 is 40.3 Å². The van der Waals surface area contributed by atoms with Crippen LogP contribution >= 0.6 is 0 Å². The number of ether oxygens (including phenoxy) is 1. The predicted molar refractivity (Wildman–Crippen MR) is 280 cm³/mol. The van der Waals surface area contributed by atoms with Crippen molar-refractivity contribution in [2.24, 2.45) is 10.8 Å². The normalized spacial score (nSPS) is 26.5. The number of fused-ring (bicyclic) bond motifs is 5. The Hall–Kier alpha value is -5.75. The molecule has 2 saturated carbocycles. The average molecular weight is 1010 g/mol. The second kappa shape index (κ2) is 17.9. The van der Waals surface area contributed by atoms with E-state index < -0.39 is 23.5 Å². The molecular weight excluding hydrogens is 943 g/mol. The van der Waals surface area contributed by atoms with Crippen molar-refractivity contribution >= 4 is 50.7 Å². The summed E-state index contributed by atoms with van der Waals surface area (Å²) in [4.78, 5) is 52.7. The van der Waals surface area contributed by atoms with Crippen LogP contribution in [0.1, 0.15) is 96.1 Å². The smallest absolute Gasteiger partial charge is 0.319 e. The highest BCUT2D eigenvalue weighted by Crippen LogP contribution is 2.53. The number of likely N-dealkylation sites (tertiary alicyclic amines) is 1. The number of hydrogen-bond acceptors (Lipinski definition) is 13. The first-order chi connectivity index (χ1) is 35.7. The minimum Gasteiger partial charge on any atom is -0.508 e. The number of halogens is 2. The number of hydrogen-bond donors (Lipinski definition) is 4. The third-order valence-corrected chi connectivity index (χ3v) is 18.7. The molecule has 2 aliphatic carbocycles. The topological polar surface area (TPSA) is 163 Å². The molecule has 0 radical (unpaired) electrons. The van der Waals surface area contributed by atoms with E-state index >= 15 is 8.78 Å². The van der Waals surface area contributed by atoms with Gasteiger partial charge in [0.1, 0.15) is 40.9 Å². The first-order valence-corrected chi connectivity index (χ1v) is 27.3. The molecule has 2 amide bonds. The minimum atomic E-state index is -0.867. The number of rotatable bonds is 11. The average Bonchev–Trinajstić information content (AvgIpc) is 4.02. The summed E-state index contributed by atoms with van der Waals surface area (Å²) >= 11 is 0. The first kappa shape index (κ1) is 47.9. The van der Waals surface area contributed by atoms with Gasteiger partial charge in [-0.2, -0.15) is 9.97 Å². The molecule has 2 aromatic heterocycles. The number of phenols is 1. The lowest BCUT2D eigenvalue weighted by atomic mass is 9.60. The van der Waals surface area contributed by atoms with Crippen molar-refractivity contribution in [3.8, 4) is 23.0 Å². The van der Waals surface area contributed by atoms with Gasteiger partial charge in [-0.15, -0.1) is 0 Å². The van der Waals surface area contributed by atoms with E-state index in [-0.39, 0.29) is 46.0 Å². The number of aryl methyl sites for hydroxylation is 1. The fourth-order valence-corrected chi connectivity index (χ4v) is 14.2. The van der Waals surface area contributed by atoms with Crippen molar-refractivity contribution < 1.29 is 33.3 Å². The Balaban J connectivity index is 0.648. The van der Waals surface area contributed by atoms with Crippen molar-refractivity contribution in [3.05, 3.63) is 71.4 Å². The predicted octanol–water partition coefficient (Wildman–Crippen LogP) is 6.78. The molecule has 8 heterocycles. The van der Waals surface area contributed by atoms with Crippen molar-refractivity contribution in [3.63, 3.8) is 0 Å². The zero-order valence-corrected chi connectivity index (χ0v) is 42.8. The van der Waals surface area contributed by atoms with E-state index in [0.29, 0.717) is 82.5 Å². The zero-order chi connectivity index (χ0) is 50.8. The van der Waals surface area contributed by atoms with Crippen LogP contribution in [0.2, 0.25) is 0 Å². The molecule has 6 aliphatic heterocycles. The summed E-state index contributed by atoms with van der Waals surface area (Å²) in [5.74, 6) is -0.862. The van der Waals surface area contributed by atoms with Gasteiger partial charge in [-0.05, 0) is 161 Å². The maximum atomic E-state index is 17.2. The quantitative estimate of drug-likeness (QED) is 0.110. The zero-order valence-electron chi connectivity index (χ0n) is 42.8. The summed E-state index contributed by atoms with van der Waals surface area (Å²) in [6.45, 7) is 14.6. The van der Waals surface area contributed by atoms with E-state index in [9.17, 15) is 19.8 Å². The molecule has 4 atom stereocenters. The third kappa shape index (κ3) is 8.22. The molecule has 7 fully saturated rings. The van der Waals surface area contributed by atoms with Crippen molar-refractivity contribution in [1.82, 2.24) is 35.4 Å². The number of amides is 2. The maximum Gasteiger partial charge on any atom is 0.319 e. The van der Waals surface area contributed by atoms with Crippen molar-refractivity contribution in [1.29, 1.82) is 0 Å². The highest BCUT2D eigenvalue weighted by atomic mass is 19.1. The van der Waals surface area contributed by atoms with Crippen LogP contribution in [0.5, 0.6) is 11.8 Å². The lowest BCUT2D eigenvalue weighted by Crippen LogP contribution is -2.59. The Bertz CT molecular complexity index is 3060. The molecule has 390 valence electrons. The SMILES string of the molecule is CCc1c(F)ccc2cc(O)cc(-c3ncc4c(N5CC6CCC(C5)N6)nc(OCC5(CN6CCC7(CC6)CC(N6CCN(c8ccc9c(c8)C(C)(C)C(=O)N9C8CCC(O)NC8=O)CC6)C7)CC5)nc4c3F)c12. The molecule has 5 saturated heterocycles. The van der Waals surface area contributed by atoms with Crippen molar-refractivity contribution in [2.45, 2.75) is 127 Å². The van der Waals surface area contributed by atoms with Crippen LogP contribution in [-0.2, 0) is 21.4 Å². The fraction of sp³-hybridized carbons (Fsp3) is 0.561. The van der Waals surface area contributed by atoms with Gasteiger partial charge in [0.15, 0.2) is 5.82 Å². The number of nitrogens with one attached hydrogen (secondary N) is 2. The summed E-state index contributed by atoms with van der Waals surface area (Å²) in [6, 6.07) is 13.1. The number of carbonyl (C=O) groups is 2. The molecule has 13 rings (SSSR count). The number of anilines is 3. The Morgan fingerprint density at radius 1 is 0.865 bits per heavy atom. The number of piperazine rings is 2. The summed E-state index contributed by atoms with van der Waals surface area (Å²) < 4.78 is 39.0. The Kier molecular flexibility index (Phi) is 11.6. The number of aliphatic hydroxyl groups excluding tert-OH is 1. The van der Waals surface area contributed by atoms with Gasteiger partial charge in [-0.25, -0.2) is 8.78 Å². The molecule has 1 spiro atoms. The van der Waals surface area contributed by atoms with Gasteiger partial charge in [0.2, 0.25) is 11.8 Å². The molecule has 17 heteroatoms. The maximum absolute atomic E-state index is 17.2. The van der Waals surface area contributed by atoms with E-state index in [1.54, 1.807) is 23.2 Å². The lowest BCUT2D eigenvalue weighted by Gasteiger charge is -2.56. The second-order valence-electron chi connectivity index (χ2n) is 23.8. The van der Waals surface area contributed by atoms with E-state index in [1.807, 2.05) is 26.8 Å². The first-order valence-electron chi connectivity index (χ1n) is 27.3. The van der Waals surface area contributed by atoms with Gasteiger partial charge in [0.25, 0.3) is 0 Å². The Morgan fingerprint density at radius 3 is 2.34 bits per heavy atom. The molecule has 4 N–H and O–H groups in total. The van der Waals surface area contributed by atoms with Crippen LogP contribution < -0.4 is 30.1 Å². The number of nitrogens with zero attached hydrogens (tertiary/aromatic N) is 8. The number of pyridine rings is 1. The highest BCUT2D eigenvalue weighted by molar-refractivity contribution is 6.12. The van der Waals surface area contributed by atoms with Gasteiger partial charge >= 0.3 is 6.01 Å². The molecule has 8 aliphatic rings. The summed E-state index contributed by atoms with van der Waals surface area (Å²) in [7, 11) is 0. The van der Waals surface area contributed by atoms with E-state index in [2.05, 4.69) is 47.3 Å². The van der Waals surface area contributed by atoms with E-state index in [0.717, 1.165) is 102 Å². The fourth-order valence-electron chi connectivity index (χ4n) is 14.2. The van der Waals surface area contributed by atoms with Crippen LogP contribution in [0.4, 0.5) is 26.0 Å². The monoisotopic (exact) mass is 1010 g/mol. The van der Waals surface area contributed by atoms with Gasteiger partial charge in [0.05, 0.1) is 17.4 Å². The van der Waals surface area contributed by atoms with Crippen molar-refractivity contribution in [2.75, 3.05) is 80.2 Å². The van der Waals surface area contributed by atoms with Crippen LogP contribution in [0.15, 0.2) is 48.7 Å². The second-order valence-corrected chi connectivity index (χ2v) is 23.8. The molecule has 4 unspecified atom stereocenters. The molecule has 74 heavy (non-hydrogen) atoms. The molecular formula is C57H68F2N10O5. The number of benzene rings is 3. The Morgan fingerprint density at radius 2 is 1.62 bits per heavy atom. The number of piperidine rings is 2. The minimum absolute atomic E-state index is 0.00217. The third-order valence-electron chi connectivity index (χ3n) is 18.7.